The minimum Gasteiger partial charge on any atom is -0.250 e. The van der Waals surface area contributed by atoms with Gasteiger partial charge in [0.2, 0.25) is 0 Å². The lowest BCUT2D eigenvalue weighted by Gasteiger charge is -1.96. The van der Waals surface area contributed by atoms with Crippen LogP contribution in [0.2, 0.25) is 0 Å². The third-order valence-corrected chi connectivity index (χ3v) is 1.56. The molecule has 0 atom stereocenters. The molecule has 0 aliphatic carbocycles. The van der Waals surface area contributed by atoms with E-state index in [1.807, 2.05) is 0 Å². The SMILES string of the molecule is Fc1cnc2c(F)c[c]cc2c1. The molecule has 0 saturated carbocycles. The zero-order valence-corrected chi connectivity index (χ0v) is 6.01. The summed E-state index contributed by atoms with van der Waals surface area (Å²) in [6.07, 6.45) is 0.991. The van der Waals surface area contributed by atoms with Gasteiger partial charge in [0, 0.05) is 5.39 Å². The van der Waals surface area contributed by atoms with Crippen LogP contribution in [-0.2, 0) is 0 Å². The van der Waals surface area contributed by atoms with Crippen molar-refractivity contribution in [2.75, 3.05) is 0 Å². The van der Waals surface area contributed by atoms with Crippen molar-refractivity contribution in [2.45, 2.75) is 0 Å². The fraction of sp³-hybridized carbons (Fsp3) is 0. The van der Waals surface area contributed by atoms with E-state index in [0.717, 1.165) is 6.20 Å². The van der Waals surface area contributed by atoms with Gasteiger partial charge in [0.25, 0.3) is 0 Å². The van der Waals surface area contributed by atoms with Crippen molar-refractivity contribution in [3.05, 3.63) is 42.1 Å². The molecule has 0 spiro atoms. The lowest BCUT2D eigenvalue weighted by molar-refractivity contribution is 0.618. The number of nitrogens with zero attached hydrogens (tertiary/aromatic N) is 1. The molecule has 2 aromatic rings. The van der Waals surface area contributed by atoms with Crippen molar-refractivity contribution in [3.8, 4) is 0 Å². The Morgan fingerprint density at radius 2 is 2.08 bits per heavy atom. The first kappa shape index (κ1) is 7.16. The first-order valence-corrected chi connectivity index (χ1v) is 3.38. The maximum atomic E-state index is 12.9. The Labute approximate surface area is 67.7 Å². The third-order valence-electron chi connectivity index (χ3n) is 1.56. The third kappa shape index (κ3) is 1.03. The molecule has 0 aliphatic rings. The van der Waals surface area contributed by atoms with Crippen LogP contribution in [0.15, 0.2) is 24.4 Å². The van der Waals surface area contributed by atoms with Crippen molar-refractivity contribution in [2.24, 2.45) is 0 Å². The first-order chi connectivity index (χ1) is 5.77. The molecule has 0 amide bonds. The average Bonchev–Trinajstić information content (AvgIpc) is 2.04. The van der Waals surface area contributed by atoms with Gasteiger partial charge in [0.1, 0.15) is 17.2 Å². The van der Waals surface area contributed by atoms with Crippen LogP contribution in [0, 0.1) is 17.7 Å². The van der Waals surface area contributed by atoms with E-state index >= 15 is 0 Å². The van der Waals surface area contributed by atoms with Gasteiger partial charge in [-0.1, -0.05) is 0 Å². The smallest absolute Gasteiger partial charge is 0.150 e. The minimum atomic E-state index is -0.479. The van der Waals surface area contributed by atoms with Gasteiger partial charge in [-0.15, -0.1) is 0 Å². The molecule has 12 heavy (non-hydrogen) atoms. The molecule has 1 heterocycles. The Morgan fingerprint density at radius 3 is 2.92 bits per heavy atom. The monoisotopic (exact) mass is 164 g/mol. The lowest BCUT2D eigenvalue weighted by atomic mass is 10.2. The summed E-state index contributed by atoms with van der Waals surface area (Å²) in [6, 6.07) is 6.44. The maximum absolute atomic E-state index is 12.9. The molecular weight excluding hydrogens is 160 g/mol. The minimum absolute atomic E-state index is 0.176. The number of rotatable bonds is 0. The van der Waals surface area contributed by atoms with E-state index in [9.17, 15) is 8.78 Å². The summed E-state index contributed by atoms with van der Waals surface area (Å²) in [4.78, 5) is 3.61. The van der Waals surface area contributed by atoms with Crippen molar-refractivity contribution in [3.63, 3.8) is 0 Å². The van der Waals surface area contributed by atoms with E-state index in [-0.39, 0.29) is 5.52 Å². The van der Waals surface area contributed by atoms with Gasteiger partial charge in [0.05, 0.1) is 6.20 Å². The topological polar surface area (TPSA) is 12.9 Å². The van der Waals surface area contributed by atoms with Crippen LogP contribution in [0.4, 0.5) is 8.78 Å². The van der Waals surface area contributed by atoms with E-state index < -0.39 is 11.6 Å². The number of fused-ring (bicyclic) bond motifs is 1. The first-order valence-electron chi connectivity index (χ1n) is 3.38. The van der Waals surface area contributed by atoms with Gasteiger partial charge >= 0.3 is 0 Å². The summed E-state index contributed by atoms with van der Waals surface area (Å²) in [5.41, 5.74) is 0.176. The van der Waals surface area contributed by atoms with E-state index in [1.54, 1.807) is 0 Å². The van der Waals surface area contributed by atoms with Gasteiger partial charge in [-0.2, -0.15) is 0 Å². The largest absolute Gasteiger partial charge is 0.250 e. The Morgan fingerprint density at radius 1 is 1.25 bits per heavy atom. The Balaban J connectivity index is 2.86. The molecule has 0 saturated heterocycles. The summed E-state index contributed by atoms with van der Waals surface area (Å²) in [5.74, 6) is -0.950. The molecule has 1 aromatic heterocycles. The number of hydrogen-bond acceptors (Lipinski definition) is 1. The van der Waals surface area contributed by atoms with E-state index in [0.29, 0.717) is 5.39 Å². The predicted molar refractivity (Wildman–Crippen MR) is 40.5 cm³/mol. The normalized spacial score (nSPS) is 10.5. The molecule has 59 valence electrons. The summed E-state index contributed by atoms with van der Waals surface area (Å²) >= 11 is 0. The van der Waals surface area contributed by atoms with Gasteiger partial charge < -0.3 is 0 Å². The molecule has 1 aromatic carbocycles. The number of pyridine rings is 1. The number of halogens is 2. The molecule has 3 heteroatoms. The molecular formula is C9H4F2N. The van der Waals surface area contributed by atoms with Crippen molar-refractivity contribution >= 4 is 10.9 Å². The lowest BCUT2D eigenvalue weighted by Crippen LogP contribution is -1.85. The Bertz CT molecular complexity index is 426. The summed E-state index contributed by atoms with van der Waals surface area (Å²) in [5, 5.41) is 0.426. The molecule has 1 radical (unpaired) electrons. The number of benzene rings is 1. The summed E-state index contributed by atoms with van der Waals surface area (Å²) in [6.45, 7) is 0. The van der Waals surface area contributed by atoms with E-state index in [1.165, 1.54) is 18.2 Å². The molecule has 0 fully saturated rings. The van der Waals surface area contributed by atoms with Crippen molar-refractivity contribution in [1.29, 1.82) is 0 Å². The second kappa shape index (κ2) is 2.52. The second-order valence-electron chi connectivity index (χ2n) is 2.39. The van der Waals surface area contributed by atoms with E-state index in [2.05, 4.69) is 11.1 Å². The molecule has 0 bridgehead atoms. The van der Waals surface area contributed by atoms with Crippen molar-refractivity contribution < 1.29 is 8.78 Å². The number of aromatic nitrogens is 1. The Kier molecular flexibility index (Phi) is 1.50. The maximum Gasteiger partial charge on any atom is 0.150 e. The van der Waals surface area contributed by atoms with Crippen LogP contribution in [0.25, 0.3) is 10.9 Å². The molecule has 0 unspecified atom stereocenters. The molecule has 2 rings (SSSR count). The highest BCUT2D eigenvalue weighted by atomic mass is 19.1. The second-order valence-corrected chi connectivity index (χ2v) is 2.39. The fourth-order valence-corrected chi connectivity index (χ4v) is 1.04. The quantitative estimate of drug-likeness (QED) is 0.582. The highest BCUT2D eigenvalue weighted by Crippen LogP contribution is 2.14. The van der Waals surface area contributed by atoms with Crippen LogP contribution in [-0.4, -0.2) is 4.98 Å². The van der Waals surface area contributed by atoms with Crippen LogP contribution in [0.1, 0.15) is 0 Å². The standard InChI is InChI=1S/C9H4F2N/c10-7-4-6-2-1-3-8(11)9(6)12-5-7/h2-5H. The van der Waals surface area contributed by atoms with Crippen LogP contribution in [0.3, 0.4) is 0 Å². The molecule has 0 aliphatic heterocycles. The van der Waals surface area contributed by atoms with Gasteiger partial charge in [-0.05, 0) is 24.3 Å². The molecule has 1 nitrogen and oxygen atoms in total. The van der Waals surface area contributed by atoms with Crippen LogP contribution < -0.4 is 0 Å². The Hall–Kier alpha value is -1.51. The molecule has 0 N–H and O–H groups in total. The predicted octanol–water partition coefficient (Wildman–Crippen LogP) is 2.31. The summed E-state index contributed by atoms with van der Waals surface area (Å²) < 4.78 is 25.5. The average molecular weight is 164 g/mol. The van der Waals surface area contributed by atoms with Crippen LogP contribution >= 0.6 is 0 Å². The van der Waals surface area contributed by atoms with E-state index in [4.69, 9.17) is 0 Å². The van der Waals surface area contributed by atoms with Crippen LogP contribution in [0.5, 0.6) is 0 Å². The highest BCUT2D eigenvalue weighted by molar-refractivity contribution is 5.78. The van der Waals surface area contributed by atoms with Gasteiger partial charge in [-0.25, -0.2) is 8.78 Å². The van der Waals surface area contributed by atoms with Gasteiger partial charge in [-0.3, -0.25) is 4.98 Å². The zero-order valence-electron chi connectivity index (χ0n) is 6.01. The number of hydrogen-bond donors (Lipinski definition) is 0. The van der Waals surface area contributed by atoms with Gasteiger partial charge in [0.15, 0.2) is 0 Å². The summed E-state index contributed by atoms with van der Waals surface area (Å²) in [7, 11) is 0. The highest BCUT2D eigenvalue weighted by Gasteiger charge is 2.01. The van der Waals surface area contributed by atoms with Crippen molar-refractivity contribution in [1.82, 2.24) is 4.98 Å². The fourth-order valence-electron chi connectivity index (χ4n) is 1.04. The zero-order chi connectivity index (χ0) is 8.55.